The highest BCUT2D eigenvalue weighted by molar-refractivity contribution is 14.1. The molecular formula is C15H14FIN2O. The number of carbonyl (C=O) groups excluding carboxylic acids is 1. The number of benzene rings is 2. The van der Waals surface area contributed by atoms with Crippen LogP contribution in [0.2, 0.25) is 0 Å². The number of carbonyl (C=O) groups is 1. The Bertz CT molecular complexity index is 590. The number of halogens is 2. The lowest BCUT2D eigenvalue weighted by Gasteiger charge is -2.09. The molecule has 3 nitrogen and oxygen atoms in total. The van der Waals surface area contributed by atoms with Crippen LogP contribution in [0.15, 0.2) is 48.5 Å². The molecule has 0 aliphatic heterocycles. The highest BCUT2D eigenvalue weighted by Crippen LogP contribution is 2.18. The Labute approximate surface area is 130 Å². The summed E-state index contributed by atoms with van der Waals surface area (Å²) in [5.41, 5.74) is 1.80. The van der Waals surface area contributed by atoms with Crippen LogP contribution in [0.5, 0.6) is 0 Å². The quantitative estimate of drug-likeness (QED) is 0.778. The molecule has 20 heavy (non-hydrogen) atoms. The maximum Gasteiger partial charge on any atom is 0.239 e. The molecule has 2 aromatic rings. The van der Waals surface area contributed by atoms with Crippen molar-refractivity contribution in [1.29, 1.82) is 0 Å². The van der Waals surface area contributed by atoms with Gasteiger partial charge in [-0.15, -0.1) is 0 Å². The number of hydrogen-bond donors (Lipinski definition) is 2. The lowest BCUT2D eigenvalue weighted by atomic mass is 10.2. The molecule has 0 fully saturated rings. The minimum Gasteiger partial charge on any atom is -0.375 e. The van der Waals surface area contributed by atoms with Crippen molar-refractivity contribution in [3.8, 4) is 0 Å². The zero-order valence-corrected chi connectivity index (χ0v) is 12.9. The number of amides is 1. The molecule has 2 aromatic carbocycles. The number of hydrogen-bond acceptors (Lipinski definition) is 2. The van der Waals surface area contributed by atoms with E-state index in [9.17, 15) is 9.18 Å². The predicted molar refractivity (Wildman–Crippen MR) is 85.9 cm³/mol. The molecular weight excluding hydrogens is 370 g/mol. The topological polar surface area (TPSA) is 41.1 Å². The highest BCUT2D eigenvalue weighted by Gasteiger charge is 2.04. The normalized spacial score (nSPS) is 10.1. The van der Waals surface area contributed by atoms with Crippen molar-refractivity contribution < 1.29 is 9.18 Å². The van der Waals surface area contributed by atoms with E-state index in [1.54, 1.807) is 6.07 Å². The molecule has 0 atom stereocenters. The fourth-order valence-corrected chi connectivity index (χ4v) is 2.34. The summed E-state index contributed by atoms with van der Waals surface area (Å²) in [6.45, 7) is 0.663. The molecule has 0 heterocycles. The molecule has 104 valence electrons. The summed E-state index contributed by atoms with van der Waals surface area (Å²) in [4.78, 5) is 11.7. The first kappa shape index (κ1) is 14.8. The van der Waals surface area contributed by atoms with Crippen molar-refractivity contribution >= 4 is 34.2 Å². The van der Waals surface area contributed by atoms with Gasteiger partial charge in [0.05, 0.1) is 6.54 Å². The second-order valence-electron chi connectivity index (χ2n) is 4.24. The van der Waals surface area contributed by atoms with Gasteiger partial charge in [-0.1, -0.05) is 30.3 Å². The molecule has 0 saturated carbocycles. The van der Waals surface area contributed by atoms with E-state index >= 15 is 0 Å². The first-order valence-electron chi connectivity index (χ1n) is 6.15. The summed E-state index contributed by atoms with van der Waals surface area (Å²) < 4.78 is 13.7. The second-order valence-corrected chi connectivity index (χ2v) is 5.40. The van der Waals surface area contributed by atoms with E-state index in [0.29, 0.717) is 6.54 Å². The van der Waals surface area contributed by atoms with Crippen LogP contribution < -0.4 is 10.6 Å². The summed E-state index contributed by atoms with van der Waals surface area (Å²) in [5.74, 6) is -0.387. The average molecular weight is 384 g/mol. The molecule has 0 aliphatic rings. The maximum absolute atomic E-state index is 12.9. The Kier molecular flexibility index (Phi) is 5.34. The van der Waals surface area contributed by atoms with Gasteiger partial charge in [-0.3, -0.25) is 4.79 Å². The highest BCUT2D eigenvalue weighted by atomic mass is 127. The van der Waals surface area contributed by atoms with Gasteiger partial charge in [0.15, 0.2) is 0 Å². The zero-order valence-electron chi connectivity index (χ0n) is 10.7. The molecule has 0 unspecified atom stereocenters. The van der Waals surface area contributed by atoms with Gasteiger partial charge in [0.25, 0.3) is 0 Å². The third-order valence-electron chi connectivity index (χ3n) is 2.70. The molecule has 1 amide bonds. The Morgan fingerprint density at radius 3 is 2.60 bits per heavy atom. The van der Waals surface area contributed by atoms with Crippen molar-refractivity contribution in [3.63, 3.8) is 0 Å². The molecule has 0 aliphatic carbocycles. The van der Waals surface area contributed by atoms with Crippen LogP contribution in [0.3, 0.4) is 0 Å². The van der Waals surface area contributed by atoms with E-state index < -0.39 is 0 Å². The van der Waals surface area contributed by atoms with E-state index in [4.69, 9.17) is 0 Å². The van der Waals surface area contributed by atoms with Gasteiger partial charge in [-0.2, -0.15) is 0 Å². The van der Waals surface area contributed by atoms with E-state index in [1.165, 1.54) is 12.1 Å². The van der Waals surface area contributed by atoms with Gasteiger partial charge < -0.3 is 10.6 Å². The summed E-state index contributed by atoms with van der Waals surface area (Å²) in [7, 11) is 0. The zero-order chi connectivity index (χ0) is 14.4. The van der Waals surface area contributed by atoms with Crippen molar-refractivity contribution in [1.82, 2.24) is 5.32 Å². The summed E-state index contributed by atoms with van der Waals surface area (Å²) >= 11 is 2.03. The minimum atomic E-state index is -0.284. The van der Waals surface area contributed by atoms with Gasteiger partial charge >= 0.3 is 0 Å². The van der Waals surface area contributed by atoms with Crippen LogP contribution >= 0.6 is 22.6 Å². The molecule has 0 radical (unpaired) electrons. The Hall–Kier alpha value is -1.63. The first-order valence-corrected chi connectivity index (χ1v) is 7.22. The molecule has 2 N–H and O–H groups in total. The van der Waals surface area contributed by atoms with Gasteiger partial charge in [0.2, 0.25) is 5.91 Å². The lowest BCUT2D eigenvalue weighted by Crippen LogP contribution is -2.29. The Morgan fingerprint density at radius 1 is 1.15 bits per heavy atom. The van der Waals surface area contributed by atoms with E-state index in [-0.39, 0.29) is 18.3 Å². The summed E-state index contributed by atoms with van der Waals surface area (Å²) in [6.07, 6.45) is 0. The fourth-order valence-electron chi connectivity index (χ4n) is 1.67. The molecule has 0 aromatic heterocycles. The van der Waals surface area contributed by atoms with Crippen LogP contribution in [0.25, 0.3) is 0 Å². The third kappa shape index (κ3) is 4.48. The van der Waals surface area contributed by atoms with E-state index in [1.807, 2.05) is 52.9 Å². The standard InChI is InChI=1S/C15H14FIN2O/c16-12-6-7-14(13(17)8-12)18-10-15(20)19-9-11-4-2-1-3-5-11/h1-8,18H,9-10H2,(H,19,20). The van der Waals surface area contributed by atoms with Crippen molar-refractivity contribution in [3.05, 3.63) is 63.5 Å². The number of nitrogens with one attached hydrogen (secondary N) is 2. The van der Waals surface area contributed by atoms with Crippen molar-refractivity contribution in [2.24, 2.45) is 0 Å². The van der Waals surface area contributed by atoms with Gasteiger partial charge in [-0.05, 0) is 46.4 Å². The van der Waals surface area contributed by atoms with Gasteiger partial charge in [-0.25, -0.2) is 4.39 Å². The Morgan fingerprint density at radius 2 is 1.90 bits per heavy atom. The largest absolute Gasteiger partial charge is 0.375 e. The van der Waals surface area contributed by atoms with Crippen LogP contribution in [0, 0.1) is 9.39 Å². The molecule has 2 rings (SSSR count). The second kappa shape index (κ2) is 7.23. The van der Waals surface area contributed by atoms with Gasteiger partial charge in [0, 0.05) is 15.8 Å². The van der Waals surface area contributed by atoms with Gasteiger partial charge in [0.1, 0.15) is 5.82 Å². The van der Waals surface area contributed by atoms with Crippen LogP contribution in [0.4, 0.5) is 10.1 Å². The summed E-state index contributed by atoms with van der Waals surface area (Å²) in [6, 6.07) is 14.1. The molecule has 0 saturated heterocycles. The first-order chi connectivity index (χ1) is 9.65. The molecule has 5 heteroatoms. The smallest absolute Gasteiger partial charge is 0.239 e. The fraction of sp³-hybridized carbons (Fsp3) is 0.133. The van der Waals surface area contributed by atoms with Crippen LogP contribution in [-0.2, 0) is 11.3 Å². The van der Waals surface area contributed by atoms with E-state index in [2.05, 4.69) is 10.6 Å². The number of anilines is 1. The third-order valence-corrected chi connectivity index (χ3v) is 3.60. The lowest BCUT2D eigenvalue weighted by molar-refractivity contribution is -0.119. The molecule has 0 bridgehead atoms. The minimum absolute atomic E-state index is 0.103. The predicted octanol–water partition coefficient (Wildman–Crippen LogP) is 3.16. The van der Waals surface area contributed by atoms with Crippen LogP contribution in [-0.4, -0.2) is 12.5 Å². The monoisotopic (exact) mass is 384 g/mol. The van der Waals surface area contributed by atoms with Crippen molar-refractivity contribution in [2.45, 2.75) is 6.54 Å². The van der Waals surface area contributed by atoms with Crippen LogP contribution in [0.1, 0.15) is 5.56 Å². The SMILES string of the molecule is O=C(CNc1ccc(F)cc1I)NCc1ccccc1. The maximum atomic E-state index is 12.9. The average Bonchev–Trinajstić information content (AvgIpc) is 2.45. The van der Waals surface area contributed by atoms with Crippen molar-refractivity contribution in [2.75, 3.05) is 11.9 Å². The number of rotatable bonds is 5. The van der Waals surface area contributed by atoms with E-state index in [0.717, 1.165) is 14.8 Å². The summed E-state index contributed by atoms with van der Waals surface area (Å²) in [5, 5.41) is 5.81. The Balaban J connectivity index is 1.80. The molecule has 0 spiro atoms.